The highest BCUT2D eigenvalue weighted by Gasteiger charge is 2.25. The van der Waals surface area contributed by atoms with Gasteiger partial charge in [0.1, 0.15) is 0 Å². The van der Waals surface area contributed by atoms with Crippen LogP contribution >= 0.6 is 0 Å². The van der Waals surface area contributed by atoms with Crippen molar-refractivity contribution in [3.05, 3.63) is 78.6 Å². The fourth-order valence-electron chi connectivity index (χ4n) is 4.34. The number of aryl methyl sites for hydroxylation is 1. The lowest BCUT2D eigenvalue weighted by atomic mass is 10.0. The summed E-state index contributed by atoms with van der Waals surface area (Å²) in [6.45, 7) is 2.35. The Labute approximate surface area is 211 Å². The summed E-state index contributed by atoms with van der Waals surface area (Å²) < 4.78 is 55.4. The van der Waals surface area contributed by atoms with Crippen molar-refractivity contribution in [2.75, 3.05) is 21.3 Å². The molecule has 0 saturated carbocycles. The van der Waals surface area contributed by atoms with Crippen LogP contribution in [0.2, 0.25) is 0 Å². The summed E-state index contributed by atoms with van der Waals surface area (Å²) in [5.74, 6) is 0.104. The van der Waals surface area contributed by atoms with Crippen molar-refractivity contribution >= 4 is 42.3 Å². The van der Waals surface area contributed by atoms with Crippen LogP contribution in [-0.2, 0) is 20.0 Å². The Hall–Kier alpha value is -3.50. The molecule has 0 aliphatic carbocycles. The van der Waals surface area contributed by atoms with Gasteiger partial charge in [-0.25, -0.2) is 21.8 Å². The van der Waals surface area contributed by atoms with Gasteiger partial charge in [-0.3, -0.25) is 14.0 Å². The Morgan fingerprint density at radius 3 is 2.56 bits per heavy atom. The van der Waals surface area contributed by atoms with Gasteiger partial charge in [0.05, 0.1) is 27.5 Å². The number of hydrogen-bond donors (Lipinski definition) is 1. The molecule has 2 aromatic carbocycles. The molecule has 1 N–H and O–H groups in total. The number of rotatable bonds is 5. The number of sulfonamides is 2. The Balaban J connectivity index is 1.41. The van der Waals surface area contributed by atoms with Crippen molar-refractivity contribution < 1.29 is 16.8 Å². The average Bonchev–Trinajstić information content (AvgIpc) is 3.05. The van der Waals surface area contributed by atoms with Crippen molar-refractivity contribution in [3.8, 4) is 11.3 Å². The second-order valence-electron chi connectivity index (χ2n) is 8.84. The van der Waals surface area contributed by atoms with Crippen molar-refractivity contribution in [3.63, 3.8) is 0 Å². The van der Waals surface area contributed by atoms with E-state index >= 15 is 0 Å². The number of fused-ring (bicyclic) bond motifs is 1. The fourth-order valence-corrected chi connectivity index (χ4v) is 7.03. The number of nitrogens with zero attached hydrogens (tertiary/aromatic N) is 3. The molecule has 0 atom stereocenters. The number of hydrogen-bond acceptors (Lipinski definition) is 6. The van der Waals surface area contributed by atoms with Crippen molar-refractivity contribution in [1.29, 1.82) is 0 Å². The highest BCUT2D eigenvalue weighted by Crippen LogP contribution is 2.29. The predicted octanol–water partition coefficient (Wildman–Crippen LogP) is 4.73. The van der Waals surface area contributed by atoms with Crippen LogP contribution in [0.15, 0.2) is 78.0 Å². The van der Waals surface area contributed by atoms with Gasteiger partial charge in [0, 0.05) is 35.6 Å². The van der Waals surface area contributed by atoms with E-state index in [2.05, 4.69) is 9.71 Å². The van der Waals surface area contributed by atoms with Gasteiger partial charge < -0.3 is 0 Å². The summed E-state index contributed by atoms with van der Waals surface area (Å²) in [5, 5.41) is 0.923. The van der Waals surface area contributed by atoms with E-state index in [0.717, 1.165) is 40.6 Å². The monoisotopic (exact) mass is 522 g/mol. The fraction of sp³-hybridized carbons (Fsp3) is 0.231. The third-order valence-electron chi connectivity index (χ3n) is 6.29. The van der Waals surface area contributed by atoms with E-state index in [0.29, 0.717) is 24.3 Å². The van der Waals surface area contributed by atoms with Gasteiger partial charge in [-0.1, -0.05) is 12.5 Å². The van der Waals surface area contributed by atoms with E-state index in [1.165, 1.54) is 16.4 Å². The van der Waals surface area contributed by atoms with Gasteiger partial charge in [0.25, 0.3) is 10.0 Å². The molecule has 8 nitrogen and oxygen atoms in total. The predicted molar refractivity (Wildman–Crippen MR) is 142 cm³/mol. The molecule has 0 spiro atoms. The van der Waals surface area contributed by atoms with Crippen molar-refractivity contribution in [2.24, 2.45) is 0 Å². The number of pyridine rings is 2. The van der Waals surface area contributed by atoms with Crippen LogP contribution in [-0.4, -0.2) is 39.1 Å². The van der Waals surface area contributed by atoms with Crippen molar-refractivity contribution in [2.45, 2.75) is 31.1 Å². The molecular formula is C26H26N4O4S2. The molecule has 1 fully saturated rings. The molecule has 0 radical (unpaired) electrons. The number of aromatic nitrogens is 2. The second kappa shape index (κ2) is 9.51. The summed E-state index contributed by atoms with van der Waals surface area (Å²) in [5.41, 5.74) is 4.20. The summed E-state index contributed by atoms with van der Waals surface area (Å²) >= 11 is 0. The number of nitrogens with one attached hydrogen (secondary N) is 1. The van der Waals surface area contributed by atoms with Gasteiger partial charge in [0.15, 0.2) is 0 Å². The van der Waals surface area contributed by atoms with Gasteiger partial charge in [-0.2, -0.15) is 0 Å². The first-order chi connectivity index (χ1) is 17.2. The van der Waals surface area contributed by atoms with E-state index < -0.39 is 20.0 Å². The summed E-state index contributed by atoms with van der Waals surface area (Å²) in [6.07, 6.45) is 5.71. The van der Waals surface area contributed by atoms with E-state index in [4.69, 9.17) is 4.98 Å². The lowest BCUT2D eigenvalue weighted by Crippen LogP contribution is -2.32. The quantitative estimate of drug-likeness (QED) is 0.406. The normalized spacial score (nSPS) is 16.0. The Morgan fingerprint density at radius 1 is 0.944 bits per heavy atom. The van der Waals surface area contributed by atoms with Crippen LogP contribution in [0.25, 0.3) is 22.2 Å². The van der Waals surface area contributed by atoms with Gasteiger partial charge in [-0.05, 0) is 79.9 Å². The minimum absolute atomic E-state index is 0.0527. The van der Waals surface area contributed by atoms with Gasteiger partial charge in [-0.15, -0.1) is 0 Å². The summed E-state index contributed by atoms with van der Waals surface area (Å²) in [7, 11) is -7.29. The van der Waals surface area contributed by atoms with E-state index in [1.807, 2.05) is 31.2 Å². The van der Waals surface area contributed by atoms with Crippen LogP contribution in [0.1, 0.15) is 24.8 Å². The number of benzene rings is 2. The molecule has 0 unspecified atom stereocenters. The molecular weight excluding hydrogens is 496 g/mol. The zero-order valence-electron chi connectivity index (χ0n) is 19.8. The second-order valence-corrected chi connectivity index (χ2v) is 12.5. The average molecular weight is 523 g/mol. The lowest BCUT2D eigenvalue weighted by molar-refractivity contribution is 0.592. The van der Waals surface area contributed by atoms with Crippen LogP contribution in [0.5, 0.6) is 0 Å². The number of anilines is 2. The molecule has 2 aromatic heterocycles. The molecule has 10 heteroatoms. The zero-order chi connectivity index (χ0) is 25.3. The highest BCUT2D eigenvalue weighted by atomic mass is 32.2. The Morgan fingerprint density at radius 2 is 1.75 bits per heavy atom. The third-order valence-corrected chi connectivity index (χ3v) is 9.56. The smallest absolute Gasteiger partial charge is 0.261 e. The molecule has 0 amide bonds. The Bertz CT molecular complexity index is 1640. The Kier molecular flexibility index (Phi) is 6.40. The first kappa shape index (κ1) is 24.2. The van der Waals surface area contributed by atoms with Crippen LogP contribution in [0, 0.1) is 6.92 Å². The van der Waals surface area contributed by atoms with Gasteiger partial charge in [0.2, 0.25) is 10.0 Å². The van der Waals surface area contributed by atoms with Crippen molar-refractivity contribution in [1.82, 2.24) is 9.97 Å². The summed E-state index contributed by atoms with van der Waals surface area (Å²) in [6, 6.07) is 16.9. The maximum absolute atomic E-state index is 13.1. The minimum atomic E-state index is -3.89. The zero-order valence-corrected chi connectivity index (χ0v) is 21.4. The minimum Gasteiger partial charge on any atom is -0.280 e. The molecule has 186 valence electrons. The SMILES string of the molecule is Cc1ccc(NS(=O)(=O)c2ccc(N3CCCCCS3(=O)=O)cc2)cc1-c1ccc2cnccc2n1. The molecule has 0 bridgehead atoms. The van der Waals surface area contributed by atoms with Crippen LogP contribution in [0.4, 0.5) is 11.4 Å². The molecule has 1 saturated heterocycles. The van der Waals surface area contributed by atoms with Gasteiger partial charge >= 0.3 is 0 Å². The van der Waals surface area contributed by atoms with Crippen LogP contribution < -0.4 is 9.03 Å². The molecule has 36 heavy (non-hydrogen) atoms. The van der Waals surface area contributed by atoms with E-state index in [9.17, 15) is 16.8 Å². The lowest BCUT2D eigenvalue weighted by Gasteiger charge is -2.22. The maximum atomic E-state index is 13.1. The largest absolute Gasteiger partial charge is 0.280 e. The van der Waals surface area contributed by atoms with Crippen LogP contribution in [0.3, 0.4) is 0 Å². The molecule has 4 aromatic rings. The van der Waals surface area contributed by atoms with E-state index in [-0.39, 0.29) is 10.6 Å². The topological polar surface area (TPSA) is 109 Å². The first-order valence-corrected chi connectivity index (χ1v) is 14.8. The molecule has 1 aliphatic rings. The third kappa shape index (κ3) is 4.91. The maximum Gasteiger partial charge on any atom is 0.261 e. The highest BCUT2D eigenvalue weighted by molar-refractivity contribution is 7.93. The van der Waals surface area contributed by atoms with E-state index in [1.54, 1.807) is 36.7 Å². The standard InChI is InChI=1S/C26H26N4O4S2/c1-19-5-7-21(17-24(19)26-12-6-20-18-27-14-13-25(20)28-26)29-36(33,34)23-10-8-22(9-11-23)30-15-3-2-4-16-35(30,31)32/h5-14,17-18,29H,2-4,15-16H2,1H3. The molecule has 1 aliphatic heterocycles. The molecule has 5 rings (SSSR count). The first-order valence-electron chi connectivity index (χ1n) is 11.7. The summed E-state index contributed by atoms with van der Waals surface area (Å²) in [4.78, 5) is 8.87. The molecule has 3 heterocycles.